The minimum Gasteiger partial charge on any atom is -0.504 e. The minimum atomic E-state index is -0.264. The highest BCUT2D eigenvalue weighted by Crippen LogP contribution is 2.41. The molecular weight excluding hydrogens is 266 g/mol. The lowest BCUT2D eigenvalue weighted by Crippen LogP contribution is -2.52. The van der Waals surface area contributed by atoms with Gasteiger partial charge in [-0.3, -0.25) is 4.99 Å². The van der Waals surface area contributed by atoms with Gasteiger partial charge in [-0.05, 0) is 37.5 Å². The lowest BCUT2D eigenvalue weighted by atomic mass is 9.89. The highest BCUT2D eigenvalue weighted by Gasteiger charge is 2.44. The van der Waals surface area contributed by atoms with Crippen molar-refractivity contribution in [1.82, 2.24) is 4.90 Å². The van der Waals surface area contributed by atoms with Crippen LogP contribution in [-0.4, -0.2) is 35.7 Å². The first kappa shape index (κ1) is 14.0. The van der Waals surface area contributed by atoms with Crippen molar-refractivity contribution >= 4 is 5.96 Å². The van der Waals surface area contributed by atoms with Gasteiger partial charge < -0.3 is 20.5 Å². The molecule has 0 saturated heterocycles. The second-order valence-electron chi connectivity index (χ2n) is 6.14. The molecule has 0 bridgehead atoms. The molecule has 5 heteroatoms. The predicted molar refractivity (Wildman–Crippen MR) is 82.6 cm³/mol. The lowest BCUT2D eigenvalue weighted by Gasteiger charge is -2.41. The van der Waals surface area contributed by atoms with E-state index >= 15 is 0 Å². The standard InChI is InChI=1S/C16H23N3O2/c1-16(11-7-8-13(20)14(9-11)21-2)10-18-15(17)19(16)12-5-3-4-6-12/h7-9,12,20H,3-6,10H2,1-2H3,(H2,17,18). The van der Waals surface area contributed by atoms with E-state index in [9.17, 15) is 5.11 Å². The van der Waals surface area contributed by atoms with Gasteiger partial charge in [-0.1, -0.05) is 18.9 Å². The third-order valence-corrected chi connectivity index (χ3v) is 4.82. The second kappa shape index (κ2) is 5.13. The van der Waals surface area contributed by atoms with Crippen LogP contribution in [0.1, 0.15) is 38.2 Å². The maximum absolute atomic E-state index is 9.80. The molecular formula is C16H23N3O2. The van der Waals surface area contributed by atoms with E-state index in [1.165, 1.54) is 25.7 Å². The van der Waals surface area contributed by atoms with E-state index in [0.717, 1.165) is 5.56 Å². The molecule has 3 N–H and O–H groups in total. The van der Waals surface area contributed by atoms with Crippen molar-refractivity contribution in [2.75, 3.05) is 13.7 Å². The zero-order valence-corrected chi connectivity index (χ0v) is 12.7. The average Bonchev–Trinajstić information content (AvgIpc) is 3.08. The van der Waals surface area contributed by atoms with Crippen LogP contribution in [0.15, 0.2) is 23.2 Å². The Morgan fingerprint density at radius 2 is 2.10 bits per heavy atom. The van der Waals surface area contributed by atoms with Crippen LogP contribution in [0.4, 0.5) is 0 Å². The second-order valence-corrected chi connectivity index (χ2v) is 6.14. The molecule has 1 fully saturated rings. The first-order valence-electron chi connectivity index (χ1n) is 7.53. The number of benzene rings is 1. The maximum atomic E-state index is 9.80. The number of aliphatic imine (C=N–C) groups is 1. The molecule has 0 radical (unpaired) electrons. The van der Waals surface area contributed by atoms with Gasteiger partial charge in [-0.15, -0.1) is 0 Å². The highest BCUT2D eigenvalue weighted by molar-refractivity contribution is 5.81. The number of guanidine groups is 1. The van der Waals surface area contributed by atoms with Crippen LogP contribution < -0.4 is 10.5 Å². The fourth-order valence-corrected chi connectivity index (χ4v) is 3.64. The largest absolute Gasteiger partial charge is 0.504 e. The van der Waals surface area contributed by atoms with Crippen LogP contribution >= 0.6 is 0 Å². The third kappa shape index (κ3) is 2.20. The molecule has 1 aliphatic carbocycles. The van der Waals surface area contributed by atoms with E-state index in [0.29, 0.717) is 24.3 Å². The molecule has 1 saturated carbocycles. The molecule has 1 aromatic carbocycles. The summed E-state index contributed by atoms with van der Waals surface area (Å²) < 4.78 is 5.24. The zero-order chi connectivity index (χ0) is 15.0. The van der Waals surface area contributed by atoms with Gasteiger partial charge in [-0.25, -0.2) is 0 Å². The fourth-order valence-electron chi connectivity index (χ4n) is 3.64. The molecule has 21 heavy (non-hydrogen) atoms. The summed E-state index contributed by atoms with van der Waals surface area (Å²) in [5.41, 5.74) is 6.98. The Morgan fingerprint density at radius 3 is 2.76 bits per heavy atom. The summed E-state index contributed by atoms with van der Waals surface area (Å²) >= 11 is 0. The maximum Gasteiger partial charge on any atom is 0.192 e. The number of ether oxygens (including phenoxy) is 1. The Hall–Kier alpha value is -1.91. The number of rotatable bonds is 3. The molecule has 1 aromatic rings. The van der Waals surface area contributed by atoms with Gasteiger partial charge in [0.05, 0.1) is 19.2 Å². The van der Waals surface area contributed by atoms with Gasteiger partial charge in [0.15, 0.2) is 17.5 Å². The van der Waals surface area contributed by atoms with Crippen LogP contribution in [0.25, 0.3) is 0 Å². The fraction of sp³-hybridized carbons (Fsp3) is 0.562. The van der Waals surface area contributed by atoms with E-state index < -0.39 is 0 Å². The number of hydrogen-bond donors (Lipinski definition) is 2. The Kier molecular flexibility index (Phi) is 3.43. The van der Waals surface area contributed by atoms with Crippen molar-refractivity contribution < 1.29 is 9.84 Å². The van der Waals surface area contributed by atoms with Crippen LogP contribution in [0.3, 0.4) is 0 Å². The summed E-state index contributed by atoms with van der Waals surface area (Å²) in [5, 5.41) is 9.80. The van der Waals surface area contributed by atoms with Crippen molar-refractivity contribution in [2.45, 2.75) is 44.2 Å². The topological polar surface area (TPSA) is 71.1 Å². The Labute approximate surface area is 125 Å². The molecule has 3 rings (SSSR count). The predicted octanol–water partition coefficient (Wildman–Crippen LogP) is 2.19. The Balaban J connectivity index is 1.98. The van der Waals surface area contributed by atoms with Gasteiger partial charge in [0.2, 0.25) is 0 Å². The molecule has 5 nitrogen and oxygen atoms in total. The van der Waals surface area contributed by atoms with Crippen LogP contribution in [0, 0.1) is 0 Å². The molecule has 0 amide bonds. The summed E-state index contributed by atoms with van der Waals surface area (Å²) in [4.78, 5) is 6.76. The number of hydrogen-bond acceptors (Lipinski definition) is 5. The smallest absolute Gasteiger partial charge is 0.192 e. The van der Waals surface area contributed by atoms with E-state index in [1.807, 2.05) is 12.1 Å². The average molecular weight is 289 g/mol. The van der Waals surface area contributed by atoms with E-state index in [-0.39, 0.29) is 11.3 Å². The number of phenolic OH excluding ortho intramolecular Hbond substituents is 1. The number of aromatic hydroxyl groups is 1. The summed E-state index contributed by atoms with van der Waals surface area (Å²) in [6, 6.07) is 5.97. The summed E-state index contributed by atoms with van der Waals surface area (Å²) in [6.07, 6.45) is 4.84. The third-order valence-electron chi connectivity index (χ3n) is 4.82. The van der Waals surface area contributed by atoms with Gasteiger partial charge in [0.1, 0.15) is 0 Å². The SMILES string of the molecule is COc1cc(C2(C)CN=C(N)N2C2CCCC2)ccc1O. The Morgan fingerprint density at radius 1 is 1.38 bits per heavy atom. The molecule has 1 unspecified atom stereocenters. The normalized spacial score (nSPS) is 26.2. The van der Waals surface area contributed by atoms with Crippen LogP contribution in [-0.2, 0) is 5.54 Å². The highest BCUT2D eigenvalue weighted by atomic mass is 16.5. The lowest BCUT2D eigenvalue weighted by molar-refractivity contribution is 0.166. The van der Waals surface area contributed by atoms with Crippen molar-refractivity contribution in [1.29, 1.82) is 0 Å². The molecule has 2 aliphatic rings. The van der Waals surface area contributed by atoms with Crippen LogP contribution in [0.2, 0.25) is 0 Å². The monoisotopic (exact) mass is 289 g/mol. The quantitative estimate of drug-likeness (QED) is 0.895. The summed E-state index contributed by atoms with van der Waals surface area (Å²) in [6.45, 7) is 2.81. The number of phenols is 1. The molecule has 0 aromatic heterocycles. The van der Waals surface area contributed by atoms with Crippen LogP contribution in [0.5, 0.6) is 11.5 Å². The van der Waals surface area contributed by atoms with E-state index in [2.05, 4.69) is 16.8 Å². The first-order valence-corrected chi connectivity index (χ1v) is 7.53. The molecule has 1 atom stereocenters. The van der Waals surface area contributed by atoms with Crippen molar-refractivity contribution in [2.24, 2.45) is 10.7 Å². The Bertz CT molecular complexity index is 567. The van der Waals surface area contributed by atoms with E-state index in [4.69, 9.17) is 10.5 Å². The number of nitrogens with two attached hydrogens (primary N) is 1. The van der Waals surface area contributed by atoms with Gasteiger partial charge in [-0.2, -0.15) is 0 Å². The van der Waals surface area contributed by atoms with Gasteiger partial charge in [0.25, 0.3) is 0 Å². The van der Waals surface area contributed by atoms with Crippen molar-refractivity contribution in [3.05, 3.63) is 23.8 Å². The molecule has 0 spiro atoms. The van der Waals surface area contributed by atoms with E-state index in [1.54, 1.807) is 13.2 Å². The van der Waals surface area contributed by atoms with Gasteiger partial charge >= 0.3 is 0 Å². The minimum absolute atomic E-state index is 0.157. The molecule has 114 valence electrons. The van der Waals surface area contributed by atoms with Gasteiger partial charge in [0, 0.05) is 6.04 Å². The number of nitrogens with zero attached hydrogens (tertiary/aromatic N) is 2. The van der Waals surface area contributed by atoms with Crippen molar-refractivity contribution in [3.8, 4) is 11.5 Å². The first-order chi connectivity index (χ1) is 10.1. The zero-order valence-electron chi connectivity index (χ0n) is 12.7. The van der Waals surface area contributed by atoms with Crippen molar-refractivity contribution in [3.63, 3.8) is 0 Å². The summed E-state index contributed by atoms with van der Waals surface area (Å²) in [7, 11) is 1.56. The number of methoxy groups -OCH3 is 1. The molecule has 1 heterocycles. The summed E-state index contributed by atoms with van der Waals surface area (Å²) in [5.74, 6) is 1.28. The molecule has 1 aliphatic heterocycles.